The number of unbranched alkanes of at least 4 members (excludes halogenated alkanes) is 17. The van der Waals surface area contributed by atoms with E-state index in [1.165, 1.54) is 83.1 Å². The largest absolute Gasteiger partial charge is 0.394 e. The van der Waals surface area contributed by atoms with Gasteiger partial charge in [0.05, 0.1) is 36.3 Å². The van der Waals surface area contributed by atoms with E-state index < -0.39 is 72.4 Å². The van der Waals surface area contributed by atoms with Crippen LogP contribution in [0.5, 0.6) is 0 Å². The fourth-order valence-corrected chi connectivity index (χ4v) is 6.97. The van der Waals surface area contributed by atoms with Gasteiger partial charge in [0.1, 0.15) is 30.5 Å². The van der Waals surface area contributed by atoms with Crippen LogP contribution in [0.1, 0.15) is 168 Å². The van der Waals surface area contributed by atoms with Crippen LogP contribution in [0.15, 0.2) is 12.2 Å². The number of allylic oxidation sites excluding steroid dienone is 1. The third-order valence-electron chi connectivity index (χ3n) is 10.5. The van der Waals surface area contributed by atoms with Crippen molar-refractivity contribution >= 4 is 17.5 Å². The Balaban J connectivity index is 2.65. The van der Waals surface area contributed by atoms with Crippen LogP contribution in [0, 0.1) is 0 Å². The monoisotopic (exact) mass is 780 g/mol. The van der Waals surface area contributed by atoms with Crippen molar-refractivity contribution in [3.63, 3.8) is 0 Å². The molecule has 0 aromatic heterocycles. The van der Waals surface area contributed by atoms with Crippen molar-refractivity contribution in [1.29, 1.82) is 0 Å². The summed E-state index contributed by atoms with van der Waals surface area (Å²) < 4.78 is 11.1. The number of ether oxygens (including phenoxy) is 2. The third kappa shape index (κ3) is 21.9. The van der Waals surface area contributed by atoms with E-state index in [4.69, 9.17) is 21.1 Å². The maximum Gasteiger partial charge on any atom is 0.249 e. The number of alkyl halides is 1. The molecule has 0 aromatic rings. The number of carbonyl (C=O) groups excluding carboxylic acids is 1. The molecule has 0 radical (unpaired) electrons. The summed E-state index contributed by atoms with van der Waals surface area (Å²) in [5.74, 6) is -0.676. The lowest BCUT2D eigenvalue weighted by Gasteiger charge is -2.40. The predicted octanol–water partition coefficient (Wildman–Crippen LogP) is 5.94. The van der Waals surface area contributed by atoms with Crippen LogP contribution in [0.25, 0.3) is 0 Å². The quantitative estimate of drug-likeness (QED) is 0.0225. The molecule has 8 N–H and O–H groups in total. The average Bonchev–Trinajstić information content (AvgIpc) is 3.14. The Morgan fingerprint density at radius 2 is 1.30 bits per heavy atom. The van der Waals surface area contributed by atoms with Crippen molar-refractivity contribution in [2.24, 2.45) is 0 Å². The molecular weight excluding hydrogens is 702 g/mol. The lowest BCUT2D eigenvalue weighted by Crippen LogP contribution is -2.60. The molecule has 314 valence electrons. The molecule has 1 heterocycles. The van der Waals surface area contributed by atoms with Gasteiger partial charge < -0.3 is 50.5 Å². The highest BCUT2D eigenvalue weighted by Gasteiger charge is 2.44. The van der Waals surface area contributed by atoms with Gasteiger partial charge in [-0.15, -0.1) is 11.6 Å². The van der Waals surface area contributed by atoms with E-state index in [0.29, 0.717) is 25.7 Å². The van der Waals surface area contributed by atoms with E-state index in [2.05, 4.69) is 19.2 Å². The van der Waals surface area contributed by atoms with Crippen LogP contribution in [0.2, 0.25) is 0 Å². The fraction of sp³-hybridized carbons (Fsp3) is 0.927. The zero-order valence-electron chi connectivity index (χ0n) is 33.3. The number of aliphatic hydroxyl groups is 7. The number of rotatable bonds is 33. The van der Waals surface area contributed by atoms with Crippen LogP contribution in [0.3, 0.4) is 0 Å². The fourth-order valence-electron chi connectivity index (χ4n) is 6.74. The van der Waals surface area contributed by atoms with E-state index in [0.717, 1.165) is 38.5 Å². The molecule has 0 spiro atoms. The van der Waals surface area contributed by atoms with Crippen LogP contribution in [-0.4, -0.2) is 115 Å². The second kappa shape index (κ2) is 30.3. The number of carbonyl (C=O) groups is 1. The second-order valence-electron chi connectivity index (χ2n) is 15.5. The van der Waals surface area contributed by atoms with Crippen LogP contribution < -0.4 is 5.32 Å². The smallest absolute Gasteiger partial charge is 0.249 e. The molecule has 1 aliphatic heterocycles. The van der Waals surface area contributed by atoms with Gasteiger partial charge in [-0.3, -0.25) is 4.79 Å². The molecule has 0 bridgehead atoms. The maximum absolute atomic E-state index is 13.0. The molecule has 1 saturated heterocycles. The molecule has 53 heavy (non-hydrogen) atoms. The van der Waals surface area contributed by atoms with E-state index in [-0.39, 0.29) is 13.0 Å². The standard InChI is InChI=1S/C41H78ClNO10/c1-4-6-8-10-12-13-14-15-16-17-19-21-26-33(46)39(50)43-31(30-52-40-38(49)37(48)36(47)34(29-44)53-40)32(45)25-22-23-27-35(42)41(3,51)28-24-20-18-11-9-7-5-2/h22,25,31-38,40,44-49,51H,4-21,23-24,26-30H2,1-3H3,(H,43,50)/t31-,32+,33+,34+,35?,36+,37-,38+,40+,41?/m0/s1. The Labute approximate surface area is 325 Å². The summed E-state index contributed by atoms with van der Waals surface area (Å²) in [6.45, 7) is 5.17. The number of hydrogen-bond acceptors (Lipinski definition) is 10. The molecule has 12 heteroatoms. The van der Waals surface area contributed by atoms with Gasteiger partial charge in [-0.1, -0.05) is 148 Å². The first-order valence-corrected chi connectivity index (χ1v) is 21.4. The normalized spacial score (nSPS) is 24.2. The lowest BCUT2D eigenvalue weighted by molar-refractivity contribution is -0.302. The first-order valence-electron chi connectivity index (χ1n) is 21.0. The summed E-state index contributed by atoms with van der Waals surface area (Å²) >= 11 is 6.59. The van der Waals surface area contributed by atoms with Gasteiger partial charge in [0.25, 0.3) is 0 Å². The molecule has 1 rings (SSSR count). The van der Waals surface area contributed by atoms with Crippen molar-refractivity contribution in [3.8, 4) is 0 Å². The van der Waals surface area contributed by atoms with Gasteiger partial charge in [0, 0.05) is 0 Å². The molecule has 1 fully saturated rings. The minimum absolute atomic E-state index is 0.269. The molecule has 1 amide bonds. The van der Waals surface area contributed by atoms with Crippen molar-refractivity contribution in [2.75, 3.05) is 13.2 Å². The highest BCUT2D eigenvalue weighted by molar-refractivity contribution is 6.21. The Morgan fingerprint density at radius 3 is 1.83 bits per heavy atom. The number of nitrogens with one attached hydrogen (secondary N) is 1. The number of halogens is 1. The molecule has 0 aromatic carbocycles. The summed E-state index contributed by atoms with van der Waals surface area (Å²) in [6.07, 6.45) is 17.0. The lowest BCUT2D eigenvalue weighted by atomic mass is 9.91. The van der Waals surface area contributed by atoms with Crippen molar-refractivity contribution in [3.05, 3.63) is 12.2 Å². The summed E-state index contributed by atoms with van der Waals surface area (Å²) in [7, 11) is 0. The van der Waals surface area contributed by atoms with E-state index in [1.54, 1.807) is 13.0 Å². The summed E-state index contributed by atoms with van der Waals surface area (Å²) in [6, 6.07) is -1.07. The first kappa shape index (κ1) is 50.2. The Hall–Kier alpha value is -0.860. The molecule has 1 aliphatic rings. The predicted molar refractivity (Wildman–Crippen MR) is 211 cm³/mol. The topological polar surface area (TPSA) is 189 Å². The van der Waals surface area contributed by atoms with Crippen LogP contribution in [-0.2, 0) is 14.3 Å². The molecule has 10 atom stereocenters. The molecule has 0 saturated carbocycles. The molecule has 0 aliphatic carbocycles. The SMILES string of the molecule is CCCCCCCCCCCCCC[C@@H](O)C(=O)N[C@@H](CO[C@@H]1O[C@H](CO)[C@@H](O)[C@H](O)[C@H]1O)[C@H](O)C=CCCC(Cl)C(C)(O)CCCCCCCCC. The zero-order chi connectivity index (χ0) is 39.5. The van der Waals surface area contributed by atoms with Crippen LogP contribution >= 0.6 is 11.6 Å². The average molecular weight is 781 g/mol. The summed E-state index contributed by atoms with van der Waals surface area (Å²) in [5.41, 5.74) is -1.03. The summed E-state index contributed by atoms with van der Waals surface area (Å²) in [5, 5.41) is 75.0. The van der Waals surface area contributed by atoms with Gasteiger partial charge in [0.15, 0.2) is 6.29 Å². The molecular formula is C41H78ClNO10. The second-order valence-corrected chi connectivity index (χ2v) is 16.1. The van der Waals surface area contributed by atoms with Gasteiger partial charge in [0.2, 0.25) is 5.91 Å². The Bertz CT molecular complexity index is 925. The highest BCUT2D eigenvalue weighted by atomic mass is 35.5. The van der Waals surface area contributed by atoms with Crippen molar-refractivity contribution in [1.82, 2.24) is 5.32 Å². The number of amides is 1. The third-order valence-corrected chi connectivity index (χ3v) is 11.2. The number of aliphatic hydroxyl groups excluding tert-OH is 6. The van der Waals surface area contributed by atoms with Gasteiger partial charge in [-0.05, 0) is 32.6 Å². The number of hydrogen-bond donors (Lipinski definition) is 8. The van der Waals surface area contributed by atoms with Crippen LogP contribution in [0.4, 0.5) is 0 Å². The maximum atomic E-state index is 13.0. The Kier molecular flexibility index (Phi) is 28.7. The van der Waals surface area contributed by atoms with E-state index in [9.17, 15) is 40.5 Å². The first-order chi connectivity index (χ1) is 25.4. The molecule has 2 unspecified atom stereocenters. The zero-order valence-corrected chi connectivity index (χ0v) is 34.0. The van der Waals surface area contributed by atoms with Crippen molar-refractivity contribution in [2.45, 2.75) is 228 Å². The van der Waals surface area contributed by atoms with E-state index >= 15 is 0 Å². The van der Waals surface area contributed by atoms with Gasteiger partial charge >= 0.3 is 0 Å². The van der Waals surface area contributed by atoms with Gasteiger partial charge in [-0.25, -0.2) is 0 Å². The molecule has 11 nitrogen and oxygen atoms in total. The minimum atomic E-state index is -1.65. The van der Waals surface area contributed by atoms with E-state index in [1.807, 2.05) is 0 Å². The Morgan fingerprint density at radius 1 is 0.792 bits per heavy atom. The minimum Gasteiger partial charge on any atom is -0.394 e. The highest BCUT2D eigenvalue weighted by Crippen LogP contribution is 2.27. The summed E-state index contributed by atoms with van der Waals surface area (Å²) in [4.78, 5) is 13.0. The van der Waals surface area contributed by atoms with Gasteiger partial charge in [-0.2, -0.15) is 0 Å². The van der Waals surface area contributed by atoms with Crippen molar-refractivity contribution < 1.29 is 50.0 Å².